The summed E-state index contributed by atoms with van der Waals surface area (Å²) in [5.41, 5.74) is 1.92. The zero-order chi connectivity index (χ0) is 28.2. The topological polar surface area (TPSA) is 87.7 Å². The Labute approximate surface area is 227 Å². The van der Waals surface area contributed by atoms with Crippen molar-refractivity contribution in [3.05, 3.63) is 131 Å². The number of amides is 3. The van der Waals surface area contributed by atoms with Crippen molar-refractivity contribution in [1.82, 2.24) is 4.90 Å². The van der Waals surface area contributed by atoms with Crippen LogP contribution in [0.15, 0.2) is 97.1 Å². The number of anilines is 2. The number of carbonyl (C=O) groups is 3. The summed E-state index contributed by atoms with van der Waals surface area (Å²) in [6.45, 7) is -0.0390. The second-order valence-electron chi connectivity index (χ2n) is 9.09. The average Bonchev–Trinajstić information content (AvgIpc) is 3.26. The molecule has 0 aliphatic carbocycles. The van der Waals surface area contributed by atoms with Crippen LogP contribution >= 0.6 is 0 Å². The van der Waals surface area contributed by atoms with E-state index in [9.17, 15) is 27.6 Å². The molecule has 0 unspecified atom stereocenters. The van der Waals surface area contributed by atoms with Crippen molar-refractivity contribution in [1.29, 1.82) is 0 Å². The van der Waals surface area contributed by atoms with Gasteiger partial charge in [0.2, 0.25) is 0 Å². The lowest BCUT2D eigenvalue weighted by Gasteiger charge is -2.24. The van der Waals surface area contributed by atoms with Gasteiger partial charge in [-0.25, -0.2) is 18.0 Å². The fourth-order valence-corrected chi connectivity index (χ4v) is 4.34. The number of cyclic esters (lactones) is 1. The van der Waals surface area contributed by atoms with E-state index in [0.29, 0.717) is 16.8 Å². The highest BCUT2D eigenvalue weighted by molar-refractivity contribution is 6.04. The van der Waals surface area contributed by atoms with Gasteiger partial charge in [0.15, 0.2) is 12.1 Å². The Kier molecular flexibility index (Phi) is 7.50. The summed E-state index contributed by atoms with van der Waals surface area (Å²) in [7, 11) is 0. The number of halogens is 3. The summed E-state index contributed by atoms with van der Waals surface area (Å²) < 4.78 is 45.9. The van der Waals surface area contributed by atoms with E-state index in [0.717, 1.165) is 6.07 Å². The number of nitrogens with one attached hydrogen (secondary N) is 2. The van der Waals surface area contributed by atoms with Crippen LogP contribution in [0.3, 0.4) is 0 Å². The van der Waals surface area contributed by atoms with Gasteiger partial charge >= 0.3 is 6.09 Å². The molecule has 0 saturated carbocycles. The van der Waals surface area contributed by atoms with Gasteiger partial charge in [0.25, 0.3) is 11.8 Å². The van der Waals surface area contributed by atoms with E-state index < -0.39 is 47.5 Å². The van der Waals surface area contributed by atoms with Gasteiger partial charge in [0, 0.05) is 16.9 Å². The number of carbonyl (C=O) groups excluding carboxylic acids is 3. The molecule has 3 amide bonds. The standard InChI is InChI=1S/C30H22F3N3O4/c31-21-10-4-18(5-11-21)17-36-26(29(38)35-25-3-1-2-23(33)16-25)27(40-30(36)39)19-8-14-24(15-9-19)34-28(37)20-6-12-22(32)13-7-20/h1-16,26-27H,17H2,(H,34,37)(H,35,38)/t26-,27-/m0/s1. The molecule has 0 radical (unpaired) electrons. The highest BCUT2D eigenvalue weighted by atomic mass is 19.1. The molecule has 1 heterocycles. The van der Waals surface area contributed by atoms with Crippen molar-refractivity contribution >= 4 is 29.3 Å². The van der Waals surface area contributed by atoms with Crippen LogP contribution in [0.25, 0.3) is 0 Å². The van der Waals surface area contributed by atoms with Crippen LogP contribution in [0.4, 0.5) is 29.3 Å². The second kappa shape index (κ2) is 11.3. The van der Waals surface area contributed by atoms with Crippen LogP contribution in [0.5, 0.6) is 0 Å². The van der Waals surface area contributed by atoms with Gasteiger partial charge in [-0.3, -0.25) is 14.5 Å². The van der Waals surface area contributed by atoms with E-state index >= 15 is 0 Å². The zero-order valence-electron chi connectivity index (χ0n) is 20.8. The minimum atomic E-state index is -1.15. The van der Waals surface area contributed by atoms with Gasteiger partial charge < -0.3 is 15.4 Å². The Hall–Kier alpha value is -5.12. The smallest absolute Gasteiger partial charge is 0.411 e. The SMILES string of the molecule is O=C(Nc1ccc([C@@H]2OC(=O)N(Cc3ccc(F)cc3)[C@@H]2C(=O)Nc2cccc(F)c2)cc1)c1ccc(F)cc1. The first-order valence-corrected chi connectivity index (χ1v) is 12.2. The van der Waals surface area contributed by atoms with Gasteiger partial charge in [-0.05, 0) is 77.9 Å². The molecule has 4 aromatic carbocycles. The first-order valence-electron chi connectivity index (χ1n) is 12.2. The molecule has 2 atom stereocenters. The summed E-state index contributed by atoms with van der Waals surface area (Å²) in [5, 5.41) is 5.33. The molecule has 10 heteroatoms. The zero-order valence-corrected chi connectivity index (χ0v) is 20.8. The van der Waals surface area contributed by atoms with Crippen LogP contribution in [-0.2, 0) is 16.1 Å². The Balaban J connectivity index is 1.39. The maximum Gasteiger partial charge on any atom is 0.411 e. The Morgan fingerprint density at radius 3 is 2.05 bits per heavy atom. The molecule has 1 saturated heterocycles. The van der Waals surface area contributed by atoms with E-state index in [-0.39, 0.29) is 17.8 Å². The third-order valence-corrected chi connectivity index (χ3v) is 6.32. The molecule has 1 aliphatic heterocycles. The molecule has 5 rings (SSSR count). The van der Waals surface area contributed by atoms with Crippen LogP contribution in [-0.4, -0.2) is 28.8 Å². The number of ether oxygens (including phenoxy) is 1. The maximum atomic E-state index is 13.7. The predicted molar refractivity (Wildman–Crippen MR) is 141 cm³/mol. The molecule has 202 valence electrons. The monoisotopic (exact) mass is 545 g/mol. The van der Waals surface area contributed by atoms with E-state index in [1.54, 1.807) is 24.3 Å². The van der Waals surface area contributed by atoms with Crippen LogP contribution in [0.2, 0.25) is 0 Å². The molecular weight excluding hydrogens is 523 g/mol. The highest BCUT2D eigenvalue weighted by Crippen LogP contribution is 2.35. The second-order valence-corrected chi connectivity index (χ2v) is 9.09. The Morgan fingerprint density at radius 1 is 0.750 bits per heavy atom. The van der Waals surface area contributed by atoms with Crippen molar-refractivity contribution in [3.63, 3.8) is 0 Å². The lowest BCUT2D eigenvalue weighted by Crippen LogP contribution is -2.43. The summed E-state index contributed by atoms with van der Waals surface area (Å²) in [6, 6.07) is 21.1. The van der Waals surface area contributed by atoms with Gasteiger partial charge in [0.05, 0.1) is 6.54 Å². The highest BCUT2D eigenvalue weighted by Gasteiger charge is 2.47. The molecule has 7 nitrogen and oxygen atoms in total. The maximum absolute atomic E-state index is 13.7. The molecule has 1 aliphatic rings. The van der Waals surface area contributed by atoms with Crippen molar-refractivity contribution in [2.75, 3.05) is 10.6 Å². The van der Waals surface area contributed by atoms with Crippen molar-refractivity contribution in [3.8, 4) is 0 Å². The predicted octanol–water partition coefficient (Wildman–Crippen LogP) is 6.06. The molecule has 0 aromatic heterocycles. The van der Waals surface area contributed by atoms with E-state index in [1.807, 2.05) is 0 Å². The minimum absolute atomic E-state index is 0.0390. The van der Waals surface area contributed by atoms with E-state index in [2.05, 4.69) is 10.6 Å². The summed E-state index contributed by atoms with van der Waals surface area (Å²) >= 11 is 0. The molecule has 0 spiro atoms. The van der Waals surface area contributed by atoms with E-state index in [1.165, 1.54) is 71.6 Å². The number of hydrogen-bond donors (Lipinski definition) is 2. The molecule has 2 N–H and O–H groups in total. The van der Waals surface area contributed by atoms with Gasteiger partial charge in [-0.2, -0.15) is 0 Å². The lowest BCUT2D eigenvalue weighted by molar-refractivity contribution is -0.121. The number of rotatable bonds is 7. The van der Waals surface area contributed by atoms with Gasteiger partial charge in [-0.1, -0.05) is 30.3 Å². The average molecular weight is 546 g/mol. The Bertz CT molecular complexity index is 1540. The molecule has 4 aromatic rings. The van der Waals surface area contributed by atoms with Crippen LogP contribution in [0, 0.1) is 17.5 Å². The third-order valence-electron chi connectivity index (χ3n) is 6.32. The van der Waals surface area contributed by atoms with Crippen molar-refractivity contribution in [2.24, 2.45) is 0 Å². The van der Waals surface area contributed by atoms with Crippen molar-refractivity contribution < 1.29 is 32.3 Å². The number of nitrogens with zero attached hydrogens (tertiary/aromatic N) is 1. The van der Waals surface area contributed by atoms with Gasteiger partial charge in [0.1, 0.15) is 17.5 Å². The summed E-state index contributed by atoms with van der Waals surface area (Å²) in [6.07, 6.45) is -1.80. The molecule has 0 bridgehead atoms. The van der Waals surface area contributed by atoms with Crippen molar-refractivity contribution in [2.45, 2.75) is 18.7 Å². The summed E-state index contributed by atoms with van der Waals surface area (Å²) in [4.78, 5) is 40.1. The van der Waals surface area contributed by atoms with Crippen LogP contribution < -0.4 is 10.6 Å². The minimum Gasteiger partial charge on any atom is -0.438 e. The summed E-state index contributed by atoms with van der Waals surface area (Å²) in [5.74, 6) is -2.52. The number of hydrogen-bond acceptors (Lipinski definition) is 4. The fraction of sp³-hybridized carbons (Fsp3) is 0.100. The third kappa shape index (κ3) is 5.96. The molecular formula is C30H22F3N3O4. The quantitative estimate of drug-likeness (QED) is 0.296. The molecule has 1 fully saturated rings. The van der Waals surface area contributed by atoms with E-state index in [4.69, 9.17) is 4.74 Å². The van der Waals surface area contributed by atoms with Gasteiger partial charge in [-0.15, -0.1) is 0 Å². The first-order chi connectivity index (χ1) is 19.3. The van der Waals surface area contributed by atoms with Crippen LogP contribution in [0.1, 0.15) is 27.6 Å². The first kappa shape index (κ1) is 26.5. The normalized spacial score (nSPS) is 16.4. The lowest BCUT2D eigenvalue weighted by atomic mass is 10.00. The Morgan fingerprint density at radius 2 is 1.40 bits per heavy atom. The number of benzene rings is 4. The fourth-order valence-electron chi connectivity index (χ4n) is 4.34. The molecule has 40 heavy (non-hydrogen) atoms. The largest absolute Gasteiger partial charge is 0.438 e.